The topological polar surface area (TPSA) is 98.2 Å². The minimum atomic E-state index is -3.03. The molecule has 0 aliphatic carbocycles. The van der Waals surface area contributed by atoms with Crippen molar-refractivity contribution in [2.75, 3.05) is 31.0 Å². The van der Waals surface area contributed by atoms with E-state index in [0.29, 0.717) is 5.82 Å². The SMILES string of the molecule is COC(=O)c1cncc(NCCS(C)(=O)=O)n1. The third-order valence-corrected chi connectivity index (χ3v) is 2.75. The summed E-state index contributed by atoms with van der Waals surface area (Å²) >= 11 is 0. The summed E-state index contributed by atoms with van der Waals surface area (Å²) in [6.45, 7) is 0.206. The Morgan fingerprint density at radius 1 is 1.47 bits per heavy atom. The van der Waals surface area contributed by atoms with Crippen LogP contribution in [0.1, 0.15) is 10.5 Å². The molecule has 1 aromatic heterocycles. The number of nitrogens with one attached hydrogen (secondary N) is 1. The van der Waals surface area contributed by atoms with E-state index in [4.69, 9.17) is 0 Å². The predicted octanol–water partition coefficient (Wildman–Crippen LogP) is -0.280. The number of rotatable bonds is 5. The molecule has 0 saturated heterocycles. The van der Waals surface area contributed by atoms with Gasteiger partial charge in [0.15, 0.2) is 5.69 Å². The van der Waals surface area contributed by atoms with Gasteiger partial charge in [-0.3, -0.25) is 4.98 Å². The maximum absolute atomic E-state index is 11.2. The van der Waals surface area contributed by atoms with Crippen LogP contribution in [0.2, 0.25) is 0 Å². The molecule has 94 valence electrons. The van der Waals surface area contributed by atoms with Crippen molar-refractivity contribution in [2.24, 2.45) is 0 Å². The van der Waals surface area contributed by atoms with Crippen LogP contribution in [0, 0.1) is 0 Å². The number of anilines is 1. The van der Waals surface area contributed by atoms with Crippen LogP contribution in [-0.2, 0) is 14.6 Å². The maximum atomic E-state index is 11.2. The van der Waals surface area contributed by atoms with Gasteiger partial charge in [-0.05, 0) is 0 Å². The number of sulfone groups is 1. The van der Waals surface area contributed by atoms with E-state index in [2.05, 4.69) is 20.0 Å². The number of carbonyl (C=O) groups excluding carboxylic acids is 1. The highest BCUT2D eigenvalue weighted by molar-refractivity contribution is 7.90. The maximum Gasteiger partial charge on any atom is 0.358 e. The van der Waals surface area contributed by atoms with Gasteiger partial charge in [0, 0.05) is 12.8 Å². The monoisotopic (exact) mass is 259 g/mol. The van der Waals surface area contributed by atoms with Crippen LogP contribution in [0.15, 0.2) is 12.4 Å². The lowest BCUT2D eigenvalue weighted by Gasteiger charge is -2.05. The summed E-state index contributed by atoms with van der Waals surface area (Å²) in [6.07, 6.45) is 3.81. The highest BCUT2D eigenvalue weighted by Crippen LogP contribution is 2.03. The number of hydrogen-bond acceptors (Lipinski definition) is 7. The van der Waals surface area contributed by atoms with E-state index in [0.717, 1.165) is 6.26 Å². The van der Waals surface area contributed by atoms with Crippen LogP contribution < -0.4 is 5.32 Å². The second-order valence-electron chi connectivity index (χ2n) is 3.34. The molecule has 1 N–H and O–H groups in total. The van der Waals surface area contributed by atoms with Gasteiger partial charge in [-0.15, -0.1) is 0 Å². The van der Waals surface area contributed by atoms with E-state index in [1.54, 1.807) is 0 Å². The lowest BCUT2D eigenvalue weighted by atomic mass is 10.4. The molecule has 0 fully saturated rings. The van der Waals surface area contributed by atoms with Crippen LogP contribution in [0.4, 0.5) is 5.82 Å². The summed E-state index contributed by atoms with van der Waals surface area (Å²) in [5.41, 5.74) is 0.0665. The molecule has 7 nitrogen and oxygen atoms in total. The molecule has 0 unspecified atom stereocenters. The van der Waals surface area contributed by atoms with Crippen molar-refractivity contribution in [1.82, 2.24) is 9.97 Å². The van der Waals surface area contributed by atoms with E-state index < -0.39 is 15.8 Å². The van der Waals surface area contributed by atoms with Gasteiger partial charge in [0.2, 0.25) is 0 Å². The van der Waals surface area contributed by atoms with Gasteiger partial charge in [0.1, 0.15) is 15.7 Å². The summed E-state index contributed by atoms with van der Waals surface area (Å²) in [7, 11) is -1.78. The van der Waals surface area contributed by atoms with E-state index in [1.807, 2.05) is 0 Å². The number of nitrogens with zero attached hydrogens (tertiary/aromatic N) is 2. The second-order valence-corrected chi connectivity index (χ2v) is 5.60. The lowest BCUT2D eigenvalue weighted by molar-refractivity contribution is 0.0593. The molecule has 1 heterocycles. The Morgan fingerprint density at radius 3 is 2.76 bits per heavy atom. The average Bonchev–Trinajstić information content (AvgIpc) is 2.27. The molecule has 0 saturated carbocycles. The Balaban J connectivity index is 2.63. The van der Waals surface area contributed by atoms with Crippen molar-refractivity contribution in [3.05, 3.63) is 18.1 Å². The largest absolute Gasteiger partial charge is 0.464 e. The average molecular weight is 259 g/mol. The summed E-state index contributed by atoms with van der Waals surface area (Å²) < 4.78 is 26.3. The molecule has 0 aliphatic heterocycles. The zero-order valence-corrected chi connectivity index (χ0v) is 10.3. The van der Waals surface area contributed by atoms with Gasteiger partial charge in [0.05, 0.1) is 25.3 Å². The smallest absolute Gasteiger partial charge is 0.358 e. The first kappa shape index (κ1) is 13.4. The van der Waals surface area contributed by atoms with E-state index in [-0.39, 0.29) is 18.0 Å². The van der Waals surface area contributed by atoms with Crippen LogP contribution in [0.25, 0.3) is 0 Å². The van der Waals surface area contributed by atoms with Gasteiger partial charge in [-0.2, -0.15) is 0 Å². The number of ether oxygens (including phenoxy) is 1. The highest BCUT2D eigenvalue weighted by atomic mass is 32.2. The fourth-order valence-corrected chi connectivity index (χ4v) is 1.49. The Kier molecular flexibility index (Phi) is 4.38. The molecule has 0 spiro atoms. The van der Waals surface area contributed by atoms with Gasteiger partial charge >= 0.3 is 5.97 Å². The third kappa shape index (κ3) is 4.77. The number of esters is 1. The fraction of sp³-hybridized carbons (Fsp3) is 0.444. The van der Waals surface area contributed by atoms with Crippen molar-refractivity contribution in [2.45, 2.75) is 0 Å². The van der Waals surface area contributed by atoms with Crippen molar-refractivity contribution in [3.63, 3.8) is 0 Å². The Morgan fingerprint density at radius 2 is 2.18 bits per heavy atom. The molecule has 8 heteroatoms. The first-order chi connectivity index (χ1) is 7.92. The first-order valence-electron chi connectivity index (χ1n) is 4.74. The van der Waals surface area contributed by atoms with Gasteiger partial charge in [-0.1, -0.05) is 0 Å². The fourth-order valence-electron chi connectivity index (χ4n) is 1.02. The molecule has 0 bridgehead atoms. The van der Waals surface area contributed by atoms with Crippen molar-refractivity contribution in [3.8, 4) is 0 Å². The molecule has 1 rings (SSSR count). The van der Waals surface area contributed by atoms with E-state index in [9.17, 15) is 13.2 Å². The molecule has 0 radical (unpaired) electrons. The Bertz CT molecular complexity index is 501. The van der Waals surface area contributed by atoms with Gasteiger partial charge < -0.3 is 10.1 Å². The van der Waals surface area contributed by atoms with Crippen LogP contribution >= 0.6 is 0 Å². The first-order valence-corrected chi connectivity index (χ1v) is 6.80. The van der Waals surface area contributed by atoms with Crippen LogP contribution in [0.5, 0.6) is 0 Å². The standard InChI is InChI=1S/C9H13N3O4S/c1-16-9(13)7-5-10-6-8(12-7)11-3-4-17(2,14)15/h5-6H,3-4H2,1-2H3,(H,11,12). The Labute approximate surface area is 99.1 Å². The normalized spacial score (nSPS) is 10.9. The number of methoxy groups -OCH3 is 1. The quantitative estimate of drug-likeness (QED) is 0.726. The molecular formula is C9H13N3O4S. The minimum Gasteiger partial charge on any atom is -0.464 e. The minimum absolute atomic E-state index is 0.0167. The highest BCUT2D eigenvalue weighted by Gasteiger charge is 2.08. The number of aromatic nitrogens is 2. The lowest BCUT2D eigenvalue weighted by Crippen LogP contribution is -2.16. The van der Waals surface area contributed by atoms with Crippen LogP contribution in [0.3, 0.4) is 0 Å². The van der Waals surface area contributed by atoms with Gasteiger partial charge in [-0.25, -0.2) is 18.2 Å². The summed E-state index contributed by atoms with van der Waals surface area (Å²) in [4.78, 5) is 18.9. The van der Waals surface area contributed by atoms with Crippen molar-refractivity contribution >= 4 is 21.6 Å². The second kappa shape index (κ2) is 5.58. The third-order valence-electron chi connectivity index (χ3n) is 1.81. The van der Waals surface area contributed by atoms with E-state index in [1.165, 1.54) is 19.5 Å². The predicted molar refractivity (Wildman–Crippen MR) is 61.6 cm³/mol. The zero-order chi connectivity index (χ0) is 12.9. The van der Waals surface area contributed by atoms with Crippen LogP contribution in [-0.4, -0.2) is 50.0 Å². The van der Waals surface area contributed by atoms with Crippen molar-refractivity contribution < 1.29 is 17.9 Å². The molecular weight excluding hydrogens is 246 g/mol. The molecule has 1 aromatic rings. The molecule has 0 amide bonds. The molecule has 0 atom stereocenters. The molecule has 0 aliphatic rings. The molecule has 17 heavy (non-hydrogen) atoms. The summed E-state index contributed by atoms with van der Waals surface area (Å²) in [6, 6.07) is 0. The van der Waals surface area contributed by atoms with Crippen molar-refractivity contribution in [1.29, 1.82) is 0 Å². The van der Waals surface area contributed by atoms with E-state index >= 15 is 0 Å². The summed E-state index contributed by atoms with van der Waals surface area (Å²) in [5.74, 6) is -0.280. The zero-order valence-electron chi connectivity index (χ0n) is 9.50. The Hall–Kier alpha value is -1.70. The number of hydrogen-bond donors (Lipinski definition) is 1. The number of carbonyl (C=O) groups is 1. The summed E-state index contributed by atoms with van der Waals surface area (Å²) in [5, 5.41) is 2.76. The molecule has 0 aromatic carbocycles. The van der Waals surface area contributed by atoms with Gasteiger partial charge in [0.25, 0.3) is 0 Å².